The van der Waals surface area contributed by atoms with Gasteiger partial charge in [0, 0.05) is 24.2 Å². The number of alkyl halides is 1. The van der Waals surface area contributed by atoms with Crippen LogP contribution in [0.3, 0.4) is 0 Å². The van der Waals surface area contributed by atoms with Crippen LogP contribution in [-0.2, 0) is 0 Å². The highest BCUT2D eigenvalue weighted by molar-refractivity contribution is 6.17. The molecule has 2 rings (SSSR count). The summed E-state index contributed by atoms with van der Waals surface area (Å²) in [5.41, 5.74) is 1.45. The van der Waals surface area contributed by atoms with Crippen molar-refractivity contribution in [2.45, 2.75) is 38.6 Å². The van der Waals surface area contributed by atoms with Crippen LogP contribution in [0.1, 0.15) is 41.9 Å². The molecule has 1 unspecified atom stereocenters. The summed E-state index contributed by atoms with van der Waals surface area (Å²) in [5.74, 6) is 0.733. The van der Waals surface area contributed by atoms with E-state index in [2.05, 4.69) is 4.98 Å². The Morgan fingerprint density at radius 1 is 1.56 bits per heavy atom. The topological polar surface area (TPSA) is 33.2 Å². The minimum Gasteiger partial charge on any atom is -0.334 e. The van der Waals surface area contributed by atoms with E-state index >= 15 is 0 Å². The highest BCUT2D eigenvalue weighted by atomic mass is 35.5. The molecule has 18 heavy (non-hydrogen) atoms. The second kappa shape index (κ2) is 6.19. The van der Waals surface area contributed by atoms with Gasteiger partial charge in [0.05, 0.1) is 0 Å². The Hall–Kier alpha value is -1.09. The number of carbonyl (C=O) groups is 1. The van der Waals surface area contributed by atoms with E-state index in [-0.39, 0.29) is 5.91 Å². The van der Waals surface area contributed by atoms with E-state index in [4.69, 9.17) is 11.6 Å². The maximum Gasteiger partial charge on any atom is 0.272 e. The Labute approximate surface area is 113 Å². The van der Waals surface area contributed by atoms with Gasteiger partial charge in [-0.05, 0) is 44.7 Å². The molecule has 1 amide bonds. The molecule has 1 aliphatic heterocycles. The fourth-order valence-electron chi connectivity index (χ4n) is 2.53. The van der Waals surface area contributed by atoms with Crippen LogP contribution in [0.15, 0.2) is 18.2 Å². The van der Waals surface area contributed by atoms with E-state index in [0.717, 1.165) is 37.9 Å². The summed E-state index contributed by atoms with van der Waals surface area (Å²) in [6, 6.07) is 5.94. The van der Waals surface area contributed by atoms with E-state index in [1.807, 2.05) is 24.0 Å². The Balaban J connectivity index is 2.08. The second-order valence-corrected chi connectivity index (χ2v) is 5.17. The van der Waals surface area contributed by atoms with E-state index in [9.17, 15) is 4.79 Å². The summed E-state index contributed by atoms with van der Waals surface area (Å²) < 4.78 is 0. The van der Waals surface area contributed by atoms with Gasteiger partial charge in [-0.25, -0.2) is 4.98 Å². The maximum absolute atomic E-state index is 12.4. The number of likely N-dealkylation sites (tertiary alicyclic amines) is 1. The lowest BCUT2D eigenvalue weighted by molar-refractivity contribution is 0.0724. The molecule has 1 atom stereocenters. The monoisotopic (exact) mass is 266 g/mol. The molecule has 1 saturated heterocycles. The van der Waals surface area contributed by atoms with Gasteiger partial charge in [0.2, 0.25) is 0 Å². The molecule has 0 saturated carbocycles. The van der Waals surface area contributed by atoms with Crippen molar-refractivity contribution < 1.29 is 4.79 Å². The van der Waals surface area contributed by atoms with Crippen molar-refractivity contribution in [1.82, 2.24) is 9.88 Å². The fourth-order valence-corrected chi connectivity index (χ4v) is 2.68. The average molecular weight is 267 g/mol. The van der Waals surface area contributed by atoms with Gasteiger partial charge in [-0.1, -0.05) is 6.07 Å². The molecule has 3 nitrogen and oxygen atoms in total. The molecule has 2 heterocycles. The summed E-state index contributed by atoms with van der Waals surface area (Å²) in [5, 5.41) is 0. The number of hydrogen-bond donors (Lipinski definition) is 0. The Kier molecular flexibility index (Phi) is 4.59. The molecule has 1 aliphatic rings. The molecule has 0 aromatic carbocycles. The lowest BCUT2D eigenvalue weighted by atomic mass is 10.1. The Morgan fingerprint density at radius 2 is 2.39 bits per heavy atom. The normalized spacial score (nSPS) is 19.2. The first-order chi connectivity index (χ1) is 8.72. The summed E-state index contributed by atoms with van der Waals surface area (Å²) >= 11 is 5.73. The van der Waals surface area contributed by atoms with Gasteiger partial charge in [-0.3, -0.25) is 4.79 Å². The molecule has 0 aliphatic carbocycles. The van der Waals surface area contributed by atoms with Crippen LogP contribution in [0, 0.1) is 6.92 Å². The van der Waals surface area contributed by atoms with Gasteiger partial charge in [0.1, 0.15) is 5.69 Å². The van der Waals surface area contributed by atoms with Crippen LogP contribution >= 0.6 is 11.6 Å². The standard InChI is InChI=1S/C14H19ClN2O/c1-11-5-2-8-13(16-11)14(18)17-10-4-7-12(17)6-3-9-15/h2,5,8,12H,3-4,6-7,9-10H2,1H3. The number of hydrogen-bond acceptors (Lipinski definition) is 2. The molecule has 0 N–H and O–H groups in total. The number of aryl methyl sites for hydroxylation is 1. The summed E-state index contributed by atoms with van der Waals surface area (Å²) in [7, 11) is 0. The van der Waals surface area contributed by atoms with E-state index < -0.39 is 0 Å². The van der Waals surface area contributed by atoms with Crippen molar-refractivity contribution in [2.75, 3.05) is 12.4 Å². The second-order valence-electron chi connectivity index (χ2n) is 4.79. The third-order valence-corrected chi connectivity index (χ3v) is 3.68. The molecular formula is C14H19ClN2O. The summed E-state index contributed by atoms with van der Waals surface area (Å²) in [4.78, 5) is 18.7. The van der Waals surface area contributed by atoms with E-state index in [1.165, 1.54) is 0 Å². The molecule has 0 spiro atoms. The molecule has 98 valence electrons. The van der Waals surface area contributed by atoms with Crippen LogP contribution in [0.5, 0.6) is 0 Å². The minimum absolute atomic E-state index is 0.0655. The Bertz CT molecular complexity index is 422. The molecule has 1 aromatic heterocycles. The number of carbonyl (C=O) groups excluding carboxylic acids is 1. The predicted molar refractivity (Wildman–Crippen MR) is 73.0 cm³/mol. The van der Waals surface area contributed by atoms with E-state index in [0.29, 0.717) is 17.6 Å². The summed E-state index contributed by atoms with van der Waals surface area (Å²) in [6.07, 6.45) is 4.15. The van der Waals surface area contributed by atoms with Crippen LogP contribution in [-0.4, -0.2) is 34.3 Å². The zero-order chi connectivity index (χ0) is 13.0. The molecule has 0 radical (unpaired) electrons. The highest BCUT2D eigenvalue weighted by Crippen LogP contribution is 2.23. The number of nitrogens with zero attached hydrogens (tertiary/aromatic N) is 2. The van der Waals surface area contributed by atoms with Crippen LogP contribution in [0.2, 0.25) is 0 Å². The van der Waals surface area contributed by atoms with E-state index in [1.54, 1.807) is 6.07 Å². The molecule has 1 aromatic rings. The largest absolute Gasteiger partial charge is 0.334 e. The maximum atomic E-state index is 12.4. The third kappa shape index (κ3) is 3.02. The smallest absolute Gasteiger partial charge is 0.272 e. The molecule has 1 fully saturated rings. The number of halogens is 1. The van der Waals surface area contributed by atoms with Gasteiger partial charge in [-0.2, -0.15) is 0 Å². The van der Waals surface area contributed by atoms with Crippen molar-refractivity contribution in [3.63, 3.8) is 0 Å². The lowest BCUT2D eigenvalue weighted by Crippen LogP contribution is -2.36. The molecular weight excluding hydrogens is 248 g/mol. The first-order valence-electron chi connectivity index (χ1n) is 6.53. The van der Waals surface area contributed by atoms with Gasteiger partial charge >= 0.3 is 0 Å². The number of pyridine rings is 1. The number of amides is 1. The van der Waals surface area contributed by atoms with Gasteiger partial charge in [0.15, 0.2) is 0 Å². The highest BCUT2D eigenvalue weighted by Gasteiger charge is 2.29. The SMILES string of the molecule is Cc1cccc(C(=O)N2CCCC2CCCCl)n1. The Morgan fingerprint density at radius 3 is 3.11 bits per heavy atom. The van der Waals surface area contributed by atoms with Gasteiger partial charge < -0.3 is 4.90 Å². The average Bonchev–Trinajstić information content (AvgIpc) is 2.83. The van der Waals surface area contributed by atoms with Crippen molar-refractivity contribution >= 4 is 17.5 Å². The first kappa shape index (κ1) is 13.3. The number of aromatic nitrogens is 1. The van der Waals surface area contributed by atoms with Crippen LogP contribution < -0.4 is 0 Å². The first-order valence-corrected chi connectivity index (χ1v) is 7.06. The third-order valence-electron chi connectivity index (χ3n) is 3.42. The zero-order valence-electron chi connectivity index (χ0n) is 10.7. The lowest BCUT2D eigenvalue weighted by Gasteiger charge is -2.24. The number of rotatable bonds is 4. The van der Waals surface area contributed by atoms with Crippen molar-refractivity contribution in [1.29, 1.82) is 0 Å². The fraction of sp³-hybridized carbons (Fsp3) is 0.571. The summed E-state index contributed by atoms with van der Waals surface area (Å²) in [6.45, 7) is 2.76. The quantitative estimate of drug-likeness (QED) is 0.785. The van der Waals surface area contributed by atoms with Crippen molar-refractivity contribution in [2.24, 2.45) is 0 Å². The van der Waals surface area contributed by atoms with Crippen molar-refractivity contribution in [3.05, 3.63) is 29.6 Å². The van der Waals surface area contributed by atoms with Gasteiger partial charge in [0.25, 0.3) is 5.91 Å². The molecule has 0 bridgehead atoms. The minimum atomic E-state index is 0.0655. The molecule has 4 heteroatoms. The zero-order valence-corrected chi connectivity index (χ0v) is 11.5. The van der Waals surface area contributed by atoms with Crippen LogP contribution in [0.4, 0.5) is 0 Å². The van der Waals surface area contributed by atoms with Crippen molar-refractivity contribution in [3.8, 4) is 0 Å². The van der Waals surface area contributed by atoms with Crippen LogP contribution in [0.25, 0.3) is 0 Å². The van der Waals surface area contributed by atoms with Gasteiger partial charge in [-0.15, -0.1) is 11.6 Å². The predicted octanol–water partition coefficient (Wildman–Crippen LogP) is 3.01.